The lowest BCUT2D eigenvalue weighted by Crippen LogP contribution is -2.70. The van der Waals surface area contributed by atoms with Gasteiger partial charge in [0.1, 0.15) is 12.7 Å². The summed E-state index contributed by atoms with van der Waals surface area (Å²) in [7, 11) is 0. The van der Waals surface area contributed by atoms with Gasteiger partial charge in [0.15, 0.2) is 11.5 Å². The largest absolute Gasteiger partial charge is 0.354 e. The van der Waals surface area contributed by atoms with E-state index in [2.05, 4.69) is 0 Å². The molecule has 39 heavy (non-hydrogen) atoms. The summed E-state index contributed by atoms with van der Waals surface area (Å²) in [5, 5.41) is 33.7. The Morgan fingerprint density at radius 1 is 1.26 bits per heavy atom. The van der Waals surface area contributed by atoms with Crippen molar-refractivity contribution >= 4 is 17.4 Å². The average molecular weight is 572 g/mol. The maximum Gasteiger partial charge on any atom is 0.294 e. The Hall–Kier alpha value is -2.28. The van der Waals surface area contributed by atoms with Crippen LogP contribution in [0.1, 0.15) is 60.8 Å². The molecule has 8 unspecified atom stereocenters. The van der Waals surface area contributed by atoms with Crippen molar-refractivity contribution in [3.05, 3.63) is 44.0 Å². The molecule has 9 atom stereocenters. The van der Waals surface area contributed by atoms with Crippen molar-refractivity contribution in [2.45, 2.75) is 83.5 Å². The minimum absolute atomic E-state index is 0.106. The van der Waals surface area contributed by atoms with Crippen LogP contribution in [-0.4, -0.2) is 62.2 Å². The van der Waals surface area contributed by atoms with Gasteiger partial charge in [-0.2, -0.15) is 5.06 Å². The van der Waals surface area contributed by atoms with Crippen LogP contribution in [0.2, 0.25) is 0 Å². The van der Waals surface area contributed by atoms with E-state index in [0.717, 1.165) is 10.6 Å². The number of rotatable bonds is 8. The van der Waals surface area contributed by atoms with Gasteiger partial charge in [0.2, 0.25) is 0 Å². The van der Waals surface area contributed by atoms with Crippen LogP contribution < -0.4 is 0 Å². The lowest BCUT2D eigenvalue weighted by Gasteiger charge is -2.66. The van der Waals surface area contributed by atoms with E-state index in [1.807, 2.05) is 34.6 Å². The second-order valence-electron chi connectivity index (χ2n) is 12.4. The van der Waals surface area contributed by atoms with Gasteiger partial charge in [-0.3, -0.25) is 4.79 Å². The number of halogens is 1. The maximum absolute atomic E-state index is 12.2. The molecule has 3 fully saturated rings. The average Bonchev–Trinajstić information content (AvgIpc) is 3.11. The van der Waals surface area contributed by atoms with Crippen molar-refractivity contribution in [1.29, 1.82) is 0 Å². The molecule has 0 radical (unpaired) electrons. The molecule has 0 bridgehead atoms. The molecule has 1 saturated heterocycles. The number of hydrogen-bond acceptors (Lipinski definition) is 10. The highest BCUT2D eigenvalue weighted by atomic mass is 35.5. The summed E-state index contributed by atoms with van der Waals surface area (Å²) >= 11 is 7.57. The number of hydroxylamine groups is 2. The van der Waals surface area contributed by atoms with Crippen LogP contribution in [0.4, 0.5) is 0 Å². The quantitative estimate of drug-likeness (QED) is 0.252. The number of ketones is 1. The Balaban J connectivity index is 1.87. The van der Waals surface area contributed by atoms with Crippen molar-refractivity contribution in [2.75, 3.05) is 13.2 Å². The van der Waals surface area contributed by atoms with Gasteiger partial charge in [-0.05, 0) is 61.5 Å². The third-order valence-electron chi connectivity index (χ3n) is 10.2. The Morgan fingerprint density at radius 3 is 2.46 bits per heavy atom. The minimum atomic E-state index is -1.59. The van der Waals surface area contributed by atoms with E-state index in [9.17, 15) is 30.2 Å². The highest BCUT2D eigenvalue weighted by Crippen LogP contribution is 2.68. The molecule has 1 aliphatic heterocycles. The van der Waals surface area contributed by atoms with E-state index in [-0.39, 0.29) is 36.6 Å². The molecule has 0 spiro atoms. The fourth-order valence-electron chi connectivity index (χ4n) is 8.49. The predicted octanol–water partition coefficient (Wildman–Crippen LogP) is 4.36. The van der Waals surface area contributed by atoms with Crippen LogP contribution in [0.5, 0.6) is 0 Å². The molecule has 13 heteroatoms. The van der Waals surface area contributed by atoms with Crippen molar-refractivity contribution in [3.63, 3.8) is 0 Å². The summed E-state index contributed by atoms with van der Waals surface area (Å²) < 4.78 is 6.18. The van der Waals surface area contributed by atoms with Gasteiger partial charge in [0.05, 0.1) is 17.5 Å². The summed E-state index contributed by atoms with van der Waals surface area (Å²) in [4.78, 5) is 44.3. The van der Waals surface area contributed by atoms with Crippen molar-refractivity contribution in [2.24, 2.45) is 34.5 Å². The molecule has 1 heterocycles. The molecule has 12 nitrogen and oxygen atoms in total. The first-order valence-corrected chi connectivity index (χ1v) is 13.8. The zero-order valence-electron chi connectivity index (χ0n) is 23.2. The lowest BCUT2D eigenvalue weighted by atomic mass is 9.43. The second-order valence-corrected chi connectivity index (χ2v) is 13.0. The fourth-order valence-corrected chi connectivity index (χ4v) is 9.09. The molecular weight excluding hydrogens is 534 g/mol. The number of alkyl halides is 1. The number of fused-ring (bicyclic) bond motifs is 3. The third-order valence-corrected chi connectivity index (χ3v) is 11.1. The first kappa shape index (κ1) is 29.7. The lowest BCUT2D eigenvalue weighted by molar-refractivity contribution is -0.772. The molecule has 218 valence electrons. The highest BCUT2D eigenvalue weighted by Gasteiger charge is 2.71. The second kappa shape index (κ2) is 9.97. The van der Waals surface area contributed by atoms with E-state index in [1.54, 1.807) is 19.1 Å². The first-order valence-electron chi connectivity index (χ1n) is 13.4. The number of carbonyl (C=O) groups is 1. The van der Waals surface area contributed by atoms with Crippen LogP contribution in [0.25, 0.3) is 0 Å². The maximum atomic E-state index is 12.2. The Bertz CT molecular complexity index is 1100. The van der Waals surface area contributed by atoms with E-state index in [0.29, 0.717) is 12.8 Å². The molecule has 2 saturated carbocycles. The summed E-state index contributed by atoms with van der Waals surface area (Å²) in [6.45, 7) is 11.1. The fraction of sp³-hybridized carbons (Fsp3) is 0.808. The topological polar surface area (TPSA) is 155 Å². The van der Waals surface area contributed by atoms with Crippen LogP contribution in [0.3, 0.4) is 0 Å². The van der Waals surface area contributed by atoms with Crippen LogP contribution >= 0.6 is 11.6 Å². The first-order chi connectivity index (χ1) is 18.0. The van der Waals surface area contributed by atoms with Crippen molar-refractivity contribution < 1.29 is 34.6 Å². The molecule has 0 aromatic carbocycles. The van der Waals surface area contributed by atoms with Gasteiger partial charge < -0.3 is 19.6 Å². The van der Waals surface area contributed by atoms with Crippen molar-refractivity contribution in [1.82, 2.24) is 5.06 Å². The number of nitrogens with zero attached hydrogens (tertiary/aromatic N) is 3. The summed E-state index contributed by atoms with van der Waals surface area (Å²) in [5.41, 5.74) is -2.45. The smallest absolute Gasteiger partial charge is 0.294 e. The summed E-state index contributed by atoms with van der Waals surface area (Å²) in [5.74, 6) is -1.43. The molecular formula is C26H38ClN3O9. The van der Waals surface area contributed by atoms with Crippen LogP contribution in [0.15, 0.2) is 23.8 Å². The molecule has 0 aromatic rings. The van der Waals surface area contributed by atoms with Gasteiger partial charge in [-0.15, -0.1) is 31.8 Å². The van der Waals surface area contributed by atoms with E-state index in [1.165, 1.54) is 6.08 Å². The highest BCUT2D eigenvalue weighted by molar-refractivity contribution is 6.26. The van der Waals surface area contributed by atoms with Crippen molar-refractivity contribution in [3.8, 4) is 0 Å². The number of ether oxygens (including phenoxy) is 1. The van der Waals surface area contributed by atoms with Gasteiger partial charge >= 0.3 is 0 Å². The van der Waals surface area contributed by atoms with E-state index >= 15 is 0 Å². The summed E-state index contributed by atoms with van der Waals surface area (Å²) in [6, 6.07) is -0.465. The normalized spacial score (nSPS) is 42.9. The number of hydrogen-bond donors (Lipinski definition) is 1. The zero-order valence-corrected chi connectivity index (χ0v) is 23.9. The van der Waals surface area contributed by atoms with E-state index < -0.39 is 56.3 Å². The SMILES string of the molecule is CC(C)C(C1(C)CC(O[N+](=O)[O-])[C@@]2(Cl)C(CCC3=CC(=O)C=CC32C)C1C)C1(CO[N+](=O)[O-])OCC(C)N1O. The monoisotopic (exact) mass is 571 g/mol. The summed E-state index contributed by atoms with van der Waals surface area (Å²) in [6.07, 6.45) is 4.93. The standard InChI is InChI=1S/C26H38ClN3O9/c1-15(2)22(25(14-38-29(33)34)28(32)16(3)13-37-25)23(5)12-21(39-30(35)36)26(27)20(17(23)4)8-7-18-11-19(31)9-10-24(18,26)6/h9-11,15-17,20-22,32H,7-8,12-14H2,1-6H3/t16?,17?,20?,21?,22?,23?,24?,25?,26-/m0/s1. The molecule has 1 N–H and O–H groups in total. The zero-order chi connectivity index (χ0) is 29.1. The Labute approximate surface area is 232 Å². The van der Waals surface area contributed by atoms with Gasteiger partial charge in [0.25, 0.3) is 10.2 Å². The van der Waals surface area contributed by atoms with Crippen LogP contribution in [0, 0.1) is 54.7 Å². The van der Waals surface area contributed by atoms with Crippen LogP contribution in [-0.2, 0) is 19.2 Å². The molecule has 3 aliphatic carbocycles. The third kappa shape index (κ3) is 4.34. The number of allylic oxidation sites excluding steroid dienone is 4. The van der Waals surface area contributed by atoms with Gasteiger partial charge in [0, 0.05) is 11.3 Å². The minimum Gasteiger partial charge on any atom is -0.354 e. The van der Waals surface area contributed by atoms with Gasteiger partial charge in [-0.25, -0.2) is 0 Å². The Morgan fingerprint density at radius 2 is 1.92 bits per heavy atom. The van der Waals surface area contributed by atoms with Gasteiger partial charge in [-0.1, -0.05) is 46.3 Å². The molecule has 0 aromatic heterocycles. The Kier molecular flexibility index (Phi) is 7.59. The number of carbonyl (C=O) groups excluding carboxylic acids is 1. The molecule has 0 amide bonds. The molecule has 4 rings (SSSR count). The van der Waals surface area contributed by atoms with E-state index in [4.69, 9.17) is 26.0 Å². The molecule has 4 aliphatic rings. The predicted molar refractivity (Wildman–Crippen MR) is 138 cm³/mol.